The molecule has 0 saturated heterocycles. The van der Waals surface area contributed by atoms with Gasteiger partial charge in [-0.1, -0.05) is 52.0 Å². The maximum absolute atomic E-state index is 12.4. The van der Waals surface area contributed by atoms with Crippen molar-refractivity contribution in [2.45, 2.75) is 45.3 Å². The van der Waals surface area contributed by atoms with Crippen molar-refractivity contribution in [3.8, 4) is 0 Å². The number of nitrogens with one attached hydrogen (secondary N) is 1. The van der Waals surface area contributed by atoms with E-state index in [-0.39, 0.29) is 5.91 Å². The van der Waals surface area contributed by atoms with Gasteiger partial charge in [0, 0.05) is 16.3 Å². The number of para-hydroxylation sites is 1. The van der Waals surface area contributed by atoms with Gasteiger partial charge >= 0.3 is 0 Å². The summed E-state index contributed by atoms with van der Waals surface area (Å²) >= 11 is 3.40. The maximum atomic E-state index is 12.4. The SMILES string of the molecule is CC(C)c1cccc(C(C)C)c1NC(=O)CSCc1cccs1. The molecule has 4 heteroatoms. The molecular formula is C19H25NOS2. The van der Waals surface area contributed by atoms with E-state index in [4.69, 9.17) is 0 Å². The van der Waals surface area contributed by atoms with Crippen molar-refractivity contribution in [3.05, 3.63) is 51.7 Å². The van der Waals surface area contributed by atoms with Crippen LogP contribution >= 0.6 is 23.1 Å². The fourth-order valence-electron chi connectivity index (χ4n) is 2.51. The third kappa shape index (κ3) is 5.11. The van der Waals surface area contributed by atoms with Crippen molar-refractivity contribution in [2.75, 3.05) is 11.1 Å². The molecule has 1 aromatic heterocycles. The van der Waals surface area contributed by atoms with E-state index in [1.165, 1.54) is 16.0 Å². The van der Waals surface area contributed by atoms with Crippen LogP contribution in [0, 0.1) is 0 Å². The Balaban J connectivity index is 2.04. The van der Waals surface area contributed by atoms with Crippen LogP contribution in [-0.4, -0.2) is 11.7 Å². The topological polar surface area (TPSA) is 29.1 Å². The van der Waals surface area contributed by atoms with Gasteiger partial charge in [0.25, 0.3) is 0 Å². The number of amides is 1. The maximum Gasteiger partial charge on any atom is 0.234 e. The van der Waals surface area contributed by atoms with Gasteiger partial charge in [-0.25, -0.2) is 0 Å². The van der Waals surface area contributed by atoms with E-state index in [2.05, 4.69) is 68.7 Å². The molecule has 0 aliphatic carbocycles. The standard InChI is InChI=1S/C19H25NOS2/c1-13(2)16-8-5-9-17(14(3)4)19(16)20-18(21)12-22-11-15-7-6-10-23-15/h5-10,13-14H,11-12H2,1-4H3,(H,20,21). The molecule has 0 saturated carbocycles. The molecule has 1 heterocycles. The molecule has 1 aromatic carbocycles. The van der Waals surface area contributed by atoms with Gasteiger partial charge in [-0.05, 0) is 34.4 Å². The van der Waals surface area contributed by atoms with Crippen molar-refractivity contribution in [1.29, 1.82) is 0 Å². The van der Waals surface area contributed by atoms with Crippen LogP contribution in [0.3, 0.4) is 0 Å². The van der Waals surface area contributed by atoms with Crippen LogP contribution in [-0.2, 0) is 10.5 Å². The molecule has 2 nitrogen and oxygen atoms in total. The smallest absolute Gasteiger partial charge is 0.234 e. The highest BCUT2D eigenvalue weighted by Gasteiger charge is 2.15. The van der Waals surface area contributed by atoms with Gasteiger partial charge < -0.3 is 5.32 Å². The van der Waals surface area contributed by atoms with Crippen molar-refractivity contribution in [1.82, 2.24) is 0 Å². The fourth-order valence-corrected chi connectivity index (χ4v) is 4.18. The molecule has 23 heavy (non-hydrogen) atoms. The normalized spacial score (nSPS) is 11.2. The van der Waals surface area contributed by atoms with Gasteiger partial charge in [0.2, 0.25) is 5.91 Å². The van der Waals surface area contributed by atoms with Gasteiger partial charge in [0.1, 0.15) is 0 Å². The Morgan fingerprint density at radius 1 is 1.09 bits per heavy atom. The second-order valence-corrected chi connectivity index (χ2v) is 8.26. The minimum atomic E-state index is 0.0848. The number of thiophene rings is 1. The summed E-state index contributed by atoms with van der Waals surface area (Å²) in [4.78, 5) is 13.7. The van der Waals surface area contributed by atoms with E-state index in [1.54, 1.807) is 23.1 Å². The van der Waals surface area contributed by atoms with Crippen LogP contribution in [0.15, 0.2) is 35.7 Å². The molecule has 0 radical (unpaired) electrons. The summed E-state index contributed by atoms with van der Waals surface area (Å²) in [5.74, 6) is 2.25. The van der Waals surface area contributed by atoms with Crippen LogP contribution < -0.4 is 5.32 Å². The molecule has 0 spiro atoms. The van der Waals surface area contributed by atoms with E-state index in [9.17, 15) is 4.79 Å². The molecule has 0 fully saturated rings. The molecular weight excluding hydrogens is 322 g/mol. The monoisotopic (exact) mass is 347 g/mol. The molecule has 1 N–H and O–H groups in total. The molecule has 0 aliphatic rings. The first-order valence-electron chi connectivity index (χ1n) is 8.01. The first-order valence-corrected chi connectivity index (χ1v) is 10.0. The summed E-state index contributed by atoms with van der Waals surface area (Å²) < 4.78 is 0. The summed E-state index contributed by atoms with van der Waals surface area (Å²) in [6.07, 6.45) is 0. The molecule has 0 bridgehead atoms. The highest BCUT2D eigenvalue weighted by molar-refractivity contribution is 7.99. The summed E-state index contributed by atoms with van der Waals surface area (Å²) in [7, 11) is 0. The van der Waals surface area contributed by atoms with E-state index in [0.717, 1.165) is 11.4 Å². The number of carbonyl (C=O) groups excluding carboxylic acids is 1. The van der Waals surface area contributed by atoms with Crippen molar-refractivity contribution < 1.29 is 4.79 Å². The second kappa shape index (κ2) is 8.55. The minimum absolute atomic E-state index is 0.0848. The number of hydrogen-bond donors (Lipinski definition) is 1. The van der Waals surface area contributed by atoms with Crippen LogP contribution in [0.1, 0.15) is 55.5 Å². The first kappa shape index (κ1) is 18.1. The van der Waals surface area contributed by atoms with Gasteiger partial charge in [-0.3, -0.25) is 4.79 Å². The van der Waals surface area contributed by atoms with Gasteiger partial charge in [-0.15, -0.1) is 23.1 Å². The van der Waals surface area contributed by atoms with Crippen LogP contribution in [0.4, 0.5) is 5.69 Å². The Morgan fingerprint density at radius 3 is 2.26 bits per heavy atom. The minimum Gasteiger partial charge on any atom is -0.325 e. The lowest BCUT2D eigenvalue weighted by atomic mass is 9.92. The van der Waals surface area contributed by atoms with Gasteiger partial charge in [-0.2, -0.15) is 0 Å². The van der Waals surface area contributed by atoms with Crippen molar-refractivity contribution in [2.24, 2.45) is 0 Å². The molecule has 2 rings (SSSR count). The molecule has 0 aliphatic heterocycles. The number of hydrogen-bond acceptors (Lipinski definition) is 3. The summed E-state index contributed by atoms with van der Waals surface area (Å²) in [5.41, 5.74) is 3.44. The van der Waals surface area contributed by atoms with Gasteiger partial charge in [0.05, 0.1) is 5.75 Å². The highest BCUT2D eigenvalue weighted by atomic mass is 32.2. The molecule has 0 unspecified atom stereocenters. The zero-order valence-electron chi connectivity index (χ0n) is 14.3. The largest absolute Gasteiger partial charge is 0.325 e. The lowest BCUT2D eigenvalue weighted by Crippen LogP contribution is -2.17. The van der Waals surface area contributed by atoms with Crippen LogP contribution in [0.5, 0.6) is 0 Å². The number of anilines is 1. The molecule has 1 amide bonds. The number of rotatable bonds is 7. The van der Waals surface area contributed by atoms with Crippen molar-refractivity contribution >= 4 is 34.7 Å². The van der Waals surface area contributed by atoms with E-state index in [1.807, 2.05) is 0 Å². The Kier molecular flexibility index (Phi) is 6.72. The second-order valence-electron chi connectivity index (χ2n) is 6.24. The predicted octanol–water partition coefficient (Wildman–Crippen LogP) is 5.87. The average Bonchev–Trinajstić information content (AvgIpc) is 3.00. The number of benzene rings is 1. The van der Waals surface area contributed by atoms with Gasteiger partial charge in [0.15, 0.2) is 0 Å². The van der Waals surface area contributed by atoms with E-state index < -0.39 is 0 Å². The zero-order chi connectivity index (χ0) is 16.8. The fraction of sp³-hybridized carbons (Fsp3) is 0.421. The van der Waals surface area contributed by atoms with E-state index in [0.29, 0.717) is 17.6 Å². The Morgan fingerprint density at radius 2 is 1.74 bits per heavy atom. The lowest BCUT2D eigenvalue weighted by Gasteiger charge is -2.20. The predicted molar refractivity (Wildman–Crippen MR) is 104 cm³/mol. The van der Waals surface area contributed by atoms with E-state index >= 15 is 0 Å². The summed E-state index contributed by atoms with van der Waals surface area (Å²) in [6, 6.07) is 10.5. The molecule has 124 valence electrons. The first-order chi connectivity index (χ1) is 11.0. The highest BCUT2D eigenvalue weighted by Crippen LogP contribution is 2.32. The lowest BCUT2D eigenvalue weighted by molar-refractivity contribution is -0.113. The Labute approximate surface area is 147 Å². The third-order valence-corrected chi connectivity index (χ3v) is 5.74. The average molecular weight is 348 g/mol. The quantitative estimate of drug-likeness (QED) is 0.679. The Bertz CT molecular complexity index is 607. The summed E-state index contributed by atoms with van der Waals surface area (Å²) in [5, 5.41) is 5.24. The molecule has 0 atom stereocenters. The number of thioether (sulfide) groups is 1. The molecule has 2 aromatic rings. The van der Waals surface area contributed by atoms with Crippen molar-refractivity contribution in [3.63, 3.8) is 0 Å². The van der Waals surface area contributed by atoms with Crippen LogP contribution in [0.25, 0.3) is 0 Å². The zero-order valence-corrected chi connectivity index (χ0v) is 15.9. The Hall–Kier alpha value is -1.26. The summed E-state index contributed by atoms with van der Waals surface area (Å²) in [6.45, 7) is 8.67. The number of carbonyl (C=O) groups is 1. The van der Waals surface area contributed by atoms with Crippen LogP contribution in [0.2, 0.25) is 0 Å². The third-order valence-electron chi connectivity index (χ3n) is 3.69.